The normalized spacial score (nSPS) is 13.7. The summed E-state index contributed by atoms with van der Waals surface area (Å²) < 4.78 is 24.4. The second kappa shape index (κ2) is 6.58. The number of sulfone groups is 1. The molecule has 0 aliphatic carbocycles. The molecule has 1 aromatic heterocycles. The van der Waals surface area contributed by atoms with E-state index >= 15 is 0 Å². The van der Waals surface area contributed by atoms with E-state index in [4.69, 9.17) is 0 Å². The number of fused-ring (bicyclic) bond motifs is 1. The van der Waals surface area contributed by atoms with Crippen molar-refractivity contribution in [2.24, 2.45) is 7.05 Å². The lowest BCUT2D eigenvalue weighted by Gasteiger charge is -2.16. The van der Waals surface area contributed by atoms with E-state index in [1.54, 1.807) is 0 Å². The third kappa shape index (κ3) is 4.04. The molecule has 21 heavy (non-hydrogen) atoms. The maximum atomic E-state index is 11.3. The van der Waals surface area contributed by atoms with E-state index in [0.717, 1.165) is 29.6 Å². The molecule has 1 unspecified atom stereocenters. The minimum atomic E-state index is -2.91. The van der Waals surface area contributed by atoms with Crippen LogP contribution in [-0.4, -0.2) is 36.8 Å². The number of nitrogens with zero attached hydrogens (tertiary/aromatic N) is 2. The van der Waals surface area contributed by atoms with Gasteiger partial charge < -0.3 is 5.32 Å². The Morgan fingerprint density at radius 2 is 2.05 bits per heavy atom. The highest BCUT2D eigenvalue weighted by atomic mass is 32.2. The predicted octanol–water partition coefficient (Wildman–Crippen LogP) is 2.05. The maximum Gasteiger partial charge on any atom is 0.147 e. The topological polar surface area (TPSA) is 64.0 Å². The van der Waals surface area contributed by atoms with Crippen LogP contribution >= 0.6 is 0 Å². The number of aromatic nitrogens is 2. The van der Waals surface area contributed by atoms with E-state index in [1.807, 2.05) is 29.9 Å². The summed E-state index contributed by atoms with van der Waals surface area (Å²) in [4.78, 5) is 0. The first-order valence-corrected chi connectivity index (χ1v) is 9.31. The minimum absolute atomic E-state index is 0.0860. The monoisotopic (exact) mass is 309 g/mol. The molecule has 0 aliphatic rings. The van der Waals surface area contributed by atoms with Gasteiger partial charge in [-0.05, 0) is 25.5 Å². The van der Waals surface area contributed by atoms with Crippen LogP contribution in [0.2, 0.25) is 0 Å². The van der Waals surface area contributed by atoms with Crippen molar-refractivity contribution in [3.8, 4) is 0 Å². The lowest BCUT2D eigenvalue weighted by atomic mass is 10.0. The zero-order valence-electron chi connectivity index (χ0n) is 12.8. The molecule has 0 spiro atoms. The van der Waals surface area contributed by atoms with Crippen molar-refractivity contribution >= 4 is 20.7 Å². The Labute approximate surface area is 126 Å². The number of rotatable bonds is 7. The van der Waals surface area contributed by atoms with Crippen molar-refractivity contribution in [2.45, 2.75) is 25.8 Å². The summed E-state index contributed by atoms with van der Waals surface area (Å²) in [6, 6.07) is 8.21. The molecule has 1 aromatic carbocycles. The van der Waals surface area contributed by atoms with E-state index < -0.39 is 9.84 Å². The van der Waals surface area contributed by atoms with E-state index in [-0.39, 0.29) is 11.8 Å². The first kappa shape index (κ1) is 16.0. The van der Waals surface area contributed by atoms with Gasteiger partial charge in [-0.3, -0.25) is 4.68 Å². The molecule has 1 heterocycles. The SMILES string of the molecule is CCNC(CCCS(C)(=O)=O)c1nn(C)c2ccccc12. The molecule has 0 radical (unpaired) electrons. The zero-order valence-corrected chi connectivity index (χ0v) is 13.7. The van der Waals surface area contributed by atoms with Crippen LogP contribution in [0.25, 0.3) is 10.9 Å². The average molecular weight is 309 g/mol. The quantitative estimate of drug-likeness (QED) is 0.850. The molecule has 5 nitrogen and oxygen atoms in total. The summed E-state index contributed by atoms with van der Waals surface area (Å²) in [6.07, 6.45) is 2.69. The smallest absolute Gasteiger partial charge is 0.147 e. The van der Waals surface area contributed by atoms with Crippen molar-refractivity contribution in [1.29, 1.82) is 0 Å². The molecule has 2 aromatic rings. The van der Waals surface area contributed by atoms with Gasteiger partial charge in [0.15, 0.2) is 0 Å². The maximum absolute atomic E-state index is 11.3. The standard InChI is InChI=1S/C15H23N3O2S/c1-4-16-13(9-7-11-21(3,19)20)15-12-8-5-6-10-14(12)18(2)17-15/h5-6,8,10,13,16H,4,7,9,11H2,1-3H3. The zero-order chi connectivity index (χ0) is 15.5. The van der Waals surface area contributed by atoms with Gasteiger partial charge in [0.05, 0.1) is 17.3 Å². The summed E-state index contributed by atoms with van der Waals surface area (Å²) in [6.45, 7) is 2.88. The van der Waals surface area contributed by atoms with Crippen LogP contribution in [0.1, 0.15) is 31.5 Å². The van der Waals surface area contributed by atoms with Crippen molar-refractivity contribution in [1.82, 2.24) is 15.1 Å². The lowest BCUT2D eigenvalue weighted by molar-refractivity contribution is 0.493. The summed E-state index contributed by atoms with van der Waals surface area (Å²) >= 11 is 0. The summed E-state index contributed by atoms with van der Waals surface area (Å²) in [5, 5.41) is 9.18. The van der Waals surface area contributed by atoms with Gasteiger partial charge in [0, 0.05) is 24.4 Å². The van der Waals surface area contributed by atoms with Gasteiger partial charge in [0.1, 0.15) is 9.84 Å². The fourth-order valence-corrected chi connectivity index (χ4v) is 3.32. The fraction of sp³-hybridized carbons (Fsp3) is 0.533. The van der Waals surface area contributed by atoms with Gasteiger partial charge in [0.2, 0.25) is 0 Å². The molecule has 0 saturated carbocycles. The molecule has 0 aliphatic heterocycles. The van der Waals surface area contributed by atoms with E-state index in [0.29, 0.717) is 6.42 Å². The van der Waals surface area contributed by atoms with Crippen molar-refractivity contribution in [3.63, 3.8) is 0 Å². The van der Waals surface area contributed by atoms with Crippen molar-refractivity contribution < 1.29 is 8.42 Å². The summed E-state index contributed by atoms with van der Waals surface area (Å²) in [5.74, 6) is 0.222. The molecule has 0 fully saturated rings. The van der Waals surface area contributed by atoms with Gasteiger partial charge in [-0.2, -0.15) is 5.10 Å². The van der Waals surface area contributed by atoms with Crippen LogP contribution < -0.4 is 5.32 Å². The summed E-state index contributed by atoms with van der Waals surface area (Å²) in [7, 11) is -0.972. The van der Waals surface area contributed by atoms with E-state index in [2.05, 4.69) is 23.4 Å². The molecule has 0 bridgehead atoms. The van der Waals surface area contributed by atoms with Gasteiger partial charge >= 0.3 is 0 Å². The first-order chi connectivity index (χ1) is 9.92. The second-order valence-electron chi connectivity index (χ2n) is 5.41. The number of para-hydroxylation sites is 1. The Hall–Kier alpha value is -1.40. The van der Waals surface area contributed by atoms with Gasteiger partial charge in [0.25, 0.3) is 0 Å². The average Bonchev–Trinajstić information content (AvgIpc) is 2.75. The highest BCUT2D eigenvalue weighted by Gasteiger charge is 2.18. The summed E-state index contributed by atoms with van der Waals surface area (Å²) in [5.41, 5.74) is 2.10. The molecule has 0 amide bonds. The highest BCUT2D eigenvalue weighted by molar-refractivity contribution is 7.90. The van der Waals surface area contributed by atoms with Crippen LogP contribution in [0.4, 0.5) is 0 Å². The number of hydrogen-bond acceptors (Lipinski definition) is 4. The second-order valence-corrected chi connectivity index (χ2v) is 7.67. The van der Waals surface area contributed by atoms with Crippen LogP contribution in [0.3, 0.4) is 0 Å². The number of nitrogens with one attached hydrogen (secondary N) is 1. The molecule has 6 heteroatoms. The molecular weight excluding hydrogens is 286 g/mol. The van der Waals surface area contributed by atoms with E-state index in [1.165, 1.54) is 6.26 Å². The molecule has 1 atom stereocenters. The van der Waals surface area contributed by atoms with Crippen molar-refractivity contribution in [2.75, 3.05) is 18.6 Å². The Morgan fingerprint density at radius 1 is 1.33 bits per heavy atom. The molecule has 0 saturated heterocycles. The van der Waals surface area contributed by atoms with Crippen LogP contribution in [-0.2, 0) is 16.9 Å². The minimum Gasteiger partial charge on any atom is -0.309 e. The Bertz CT molecular complexity index is 707. The predicted molar refractivity (Wildman–Crippen MR) is 86.1 cm³/mol. The van der Waals surface area contributed by atoms with Gasteiger partial charge in [-0.1, -0.05) is 25.1 Å². The third-order valence-corrected chi connectivity index (χ3v) is 4.61. The van der Waals surface area contributed by atoms with Gasteiger partial charge in [-0.25, -0.2) is 8.42 Å². The Balaban J connectivity index is 2.24. The largest absolute Gasteiger partial charge is 0.309 e. The van der Waals surface area contributed by atoms with Crippen LogP contribution in [0.15, 0.2) is 24.3 Å². The van der Waals surface area contributed by atoms with Gasteiger partial charge in [-0.15, -0.1) is 0 Å². The van der Waals surface area contributed by atoms with E-state index in [9.17, 15) is 8.42 Å². The van der Waals surface area contributed by atoms with Crippen LogP contribution in [0.5, 0.6) is 0 Å². The first-order valence-electron chi connectivity index (χ1n) is 7.25. The number of benzene rings is 1. The molecular formula is C15H23N3O2S. The van der Waals surface area contributed by atoms with Crippen LogP contribution in [0, 0.1) is 0 Å². The Morgan fingerprint density at radius 3 is 2.71 bits per heavy atom. The highest BCUT2D eigenvalue weighted by Crippen LogP contribution is 2.26. The fourth-order valence-electron chi connectivity index (χ4n) is 2.63. The molecule has 1 N–H and O–H groups in total. The molecule has 2 rings (SSSR count). The van der Waals surface area contributed by atoms with Crippen molar-refractivity contribution in [3.05, 3.63) is 30.0 Å². The molecule has 116 valence electrons. The number of hydrogen-bond donors (Lipinski definition) is 1. The number of aryl methyl sites for hydroxylation is 1. The lowest BCUT2D eigenvalue weighted by Crippen LogP contribution is -2.22. The third-order valence-electron chi connectivity index (χ3n) is 3.57. The Kier molecular flexibility index (Phi) is 5.00.